The topological polar surface area (TPSA) is 75.6 Å². The second-order valence-electron chi connectivity index (χ2n) is 8.17. The molecule has 0 radical (unpaired) electrons. The van der Waals surface area contributed by atoms with Crippen molar-refractivity contribution in [3.63, 3.8) is 0 Å². The monoisotopic (exact) mass is 437 g/mol. The SMILES string of the molecule is O=C(NC[C@H](C(=O)O)c1cccc2ccccc12)OCC1c2ccccc2-c2ccccc21. The normalized spacial score (nSPS) is 13.2. The van der Waals surface area contributed by atoms with E-state index in [1.807, 2.05) is 60.7 Å². The van der Waals surface area contributed by atoms with Crippen LogP contribution >= 0.6 is 0 Å². The van der Waals surface area contributed by atoms with E-state index in [4.69, 9.17) is 4.74 Å². The highest BCUT2D eigenvalue weighted by molar-refractivity contribution is 5.91. The quantitative estimate of drug-likeness (QED) is 0.415. The van der Waals surface area contributed by atoms with Crippen LogP contribution in [0, 0.1) is 0 Å². The molecule has 5 rings (SSSR count). The maximum Gasteiger partial charge on any atom is 0.407 e. The Kier molecular flexibility index (Phi) is 5.53. The molecule has 0 saturated carbocycles. The van der Waals surface area contributed by atoms with Gasteiger partial charge in [0.25, 0.3) is 0 Å². The van der Waals surface area contributed by atoms with Crippen LogP contribution in [0.5, 0.6) is 0 Å². The van der Waals surface area contributed by atoms with Gasteiger partial charge in [0.1, 0.15) is 6.61 Å². The first kappa shape index (κ1) is 20.8. The third-order valence-electron chi connectivity index (χ3n) is 6.29. The molecule has 4 aromatic carbocycles. The molecule has 1 aliphatic carbocycles. The number of alkyl carbamates (subject to hydrolysis) is 1. The highest BCUT2D eigenvalue weighted by atomic mass is 16.5. The molecule has 0 heterocycles. The summed E-state index contributed by atoms with van der Waals surface area (Å²) in [5.74, 6) is -1.92. The molecule has 0 aliphatic heterocycles. The first-order valence-electron chi connectivity index (χ1n) is 10.9. The number of rotatable bonds is 6. The van der Waals surface area contributed by atoms with Crippen LogP contribution < -0.4 is 5.32 Å². The summed E-state index contributed by atoms with van der Waals surface area (Å²) in [5, 5.41) is 14.3. The number of hydrogen-bond donors (Lipinski definition) is 2. The summed E-state index contributed by atoms with van der Waals surface area (Å²) < 4.78 is 5.55. The smallest absolute Gasteiger partial charge is 0.407 e. The van der Waals surface area contributed by atoms with Crippen LogP contribution in [-0.4, -0.2) is 30.3 Å². The zero-order valence-corrected chi connectivity index (χ0v) is 17.9. The van der Waals surface area contributed by atoms with E-state index in [2.05, 4.69) is 29.6 Å². The number of aliphatic carboxylic acids is 1. The predicted molar refractivity (Wildman–Crippen MR) is 127 cm³/mol. The molecule has 1 atom stereocenters. The Morgan fingerprint density at radius 1 is 0.818 bits per heavy atom. The summed E-state index contributed by atoms with van der Waals surface area (Å²) in [6.45, 7) is 0.131. The van der Waals surface area contributed by atoms with Crippen LogP contribution in [0.3, 0.4) is 0 Å². The lowest BCUT2D eigenvalue weighted by Crippen LogP contribution is -2.33. The minimum atomic E-state index is -0.995. The predicted octanol–water partition coefficient (Wildman–Crippen LogP) is 5.55. The summed E-state index contributed by atoms with van der Waals surface area (Å²) in [6.07, 6.45) is -0.622. The average molecular weight is 437 g/mol. The molecule has 1 aliphatic rings. The van der Waals surface area contributed by atoms with Crippen LogP contribution in [0.2, 0.25) is 0 Å². The van der Waals surface area contributed by atoms with Crippen molar-refractivity contribution in [1.82, 2.24) is 5.32 Å². The van der Waals surface area contributed by atoms with Gasteiger partial charge in [-0.2, -0.15) is 0 Å². The number of carboxylic acid groups (broad SMARTS) is 1. The standard InChI is InChI=1S/C28H23NO4/c30-27(31)25(20-15-7-9-18-8-1-2-10-19(18)20)16-29-28(32)33-17-26-23-13-5-3-11-21(23)22-12-4-6-14-24(22)26/h1-15,25-26H,16-17H2,(H,29,32)(H,30,31)/t25-/m0/s1. The first-order valence-corrected chi connectivity index (χ1v) is 10.9. The Labute approximate surface area is 191 Å². The number of amides is 1. The molecule has 2 N–H and O–H groups in total. The van der Waals surface area contributed by atoms with Crippen molar-refractivity contribution in [2.75, 3.05) is 13.2 Å². The van der Waals surface area contributed by atoms with Crippen molar-refractivity contribution in [3.05, 3.63) is 108 Å². The number of benzene rings is 4. The molecular weight excluding hydrogens is 414 g/mol. The van der Waals surface area contributed by atoms with Gasteiger partial charge in [-0.25, -0.2) is 4.79 Å². The Morgan fingerprint density at radius 2 is 1.42 bits per heavy atom. The fraction of sp³-hybridized carbons (Fsp3) is 0.143. The summed E-state index contributed by atoms with van der Waals surface area (Å²) >= 11 is 0. The number of carbonyl (C=O) groups excluding carboxylic acids is 1. The zero-order chi connectivity index (χ0) is 22.8. The van der Waals surface area contributed by atoms with Gasteiger partial charge in [-0.05, 0) is 38.6 Å². The maximum absolute atomic E-state index is 12.5. The fourth-order valence-electron chi connectivity index (χ4n) is 4.72. The summed E-state index contributed by atoms with van der Waals surface area (Å²) in [6, 6.07) is 29.5. The Morgan fingerprint density at radius 3 is 2.12 bits per heavy atom. The minimum absolute atomic E-state index is 0.0449. The van der Waals surface area contributed by atoms with Crippen molar-refractivity contribution in [1.29, 1.82) is 0 Å². The van der Waals surface area contributed by atoms with Gasteiger partial charge in [0.15, 0.2) is 0 Å². The van der Waals surface area contributed by atoms with E-state index in [0.717, 1.165) is 33.0 Å². The molecule has 5 heteroatoms. The number of hydrogen-bond acceptors (Lipinski definition) is 3. The number of carbonyl (C=O) groups is 2. The lowest BCUT2D eigenvalue weighted by Gasteiger charge is -2.17. The molecular formula is C28H23NO4. The lowest BCUT2D eigenvalue weighted by molar-refractivity contribution is -0.138. The van der Waals surface area contributed by atoms with Crippen LogP contribution in [0.1, 0.15) is 28.5 Å². The van der Waals surface area contributed by atoms with Gasteiger partial charge in [-0.3, -0.25) is 4.79 Å². The fourth-order valence-corrected chi connectivity index (χ4v) is 4.72. The van der Waals surface area contributed by atoms with Gasteiger partial charge < -0.3 is 15.2 Å². The summed E-state index contributed by atoms with van der Waals surface area (Å²) in [7, 11) is 0. The van der Waals surface area contributed by atoms with E-state index in [0.29, 0.717) is 5.56 Å². The second-order valence-corrected chi connectivity index (χ2v) is 8.17. The molecule has 0 saturated heterocycles. The molecule has 1 amide bonds. The Hall–Kier alpha value is -4.12. The highest BCUT2D eigenvalue weighted by Gasteiger charge is 2.29. The van der Waals surface area contributed by atoms with E-state index in [1.54, 1.807) is 6.07 Å². The Balaban J connectivity index is 1.28. The highest BCUT2D eigenvalue weighted by Crippen LogP contribution is 2.44. The van der Waals surface area contributed by atoms with Crippen LogP contribution in [0.25, 0.3) is 21.9 Å². The molecule has 33 heavy (non-hydrogen) atoms. The number of carboxylic acids is 1. The molecule has 4 aromatic rings. The van der Waals surface area contributed by atoms with Gasteiger partial charge in [-0.1, -0.05) is 91.0 Å². The van der Waals surface area contributed by atoms with Gasteiger partial charge >= 0.3 is 12.1 Å². The van der Waals surface area contributed by atoms with Gasteiger partial charge in [0, 0.05) is 12.5 Å². The van der Waals surface area contributed by atoms with Crippen LogP contribution in [-0.2, 0) is 9.53 Å². The maximum atomic E-state index is 12.5. The van der Waals surface area contributed by atoms with Crippen LogP contribution in [0.15, 0.2) is 91.0 Å². The van der Waals surface area contributed by atoms with Gasteiger partial charge in [0.05, 0.1) is 5.92 Å². The second kappa shape index (κ2) is 8.79. The summed E-state index contributed by atoms with van der Waals surface area (Å²) in [4.78, 5) is 24.5. The largest absolute Gasteiger partial charge is 0.481 e. The van der Waals surface area contributed by atoms with Gasteiger partial charge in [-0.15, -0.1) is 0 Å². The van der Waals surface area contributed by atoms with E-state index < -0.39 is 18.0 Å². The van der Waals surface area contributed by atoms with E-state index in [1.165, 1.54) is 0 Å². The molecule has 5 nitrogen and oxygen atoms in total. The summed E-state index contributed by atoms with van der Waals surface area (Å²) in [5.41, 5.74) is 5.24. The van der Waals surface area contributed by atoms with Crippen molar-refractivity contribution in [2.24, 2.45) is 0 Å². The third-order valence-corrected chi connectivity index (χ3v) is 6.29. The van der Waals surface area contributed by atoms with Crippen LogP contribution in [0.4, 0.5) is 4.79 Å². The Bertz CT molecular complexity index is 1300. The molecule has 164 valence electrons. The van der Waals surface area contributed by atoms with Crippen molar-refractivity contribution < 1.29 is 19.4 Å². The average Bonchev–Trinajstić information content (AvgIpc) is 3.16. The lowest BCUT2D eigenvalue weighted by atomic mass is 9.93. The first-order chi connectivity index (χ1) is 16.1. The van der Waals surface area contributed by atoms with Crippen molar-refractivity contribution in [3.8, 4) is 11.1 Å². The zero-order valence-electron chi connectivity index (χ0n) is 17.9. The molecule has 0 aromatic heterocycles. The third kappa shape index (κ3) is 3.94. The number of nitrogens with one attached hydrogen (secondary N) is 1. The van der Waals surface area contributed by atoms with Crippen molar-refractivity contribution in [2.45, 2.75) is 11.8 Å². The minimum Gasteiger partial charge on any atom is -0.481 e. The van der Waals surface area contributed by atoms with Crippen molar-refractivity contribution >= 4 is 22.8 Å². The van der Waals surface area contributed by atoms with E-state index >= 15 is 0 Å². The molecule has 0 unspecified atom stereocenters. The molecule has 0 spiro atoms. The number of fused-ring (bicyclic) bond motifs is 4. The van der Waals surface area contributed by atoms with Gasteiger partial charge in [0.2, 0.25) is 0 Å². The van der Waals surface area contributed by atoms with E-state index in [-0.39, 0.29) is 19.1 Å². The number of ether oxygens (including phenoxy) is 1. The molecule has 0 bridgehead atoms. The van der Waals surface area contributed by atoms with E-state index in [9.17, 15) is 14.7 Å². The molecule has 0 fully saturated rings.